The molecule has 3 heterocycles. The topological polar surface area (TPSA) is 18.5 Å². The van der Waals surface area contributed by atoms with Crippen molar-refractivity contribution in [1.29, 1.82) is 0 Å². The summed E-state index contributed by atoms with van der Waals surface area (Å²) in [5.74, 6) is 1.50. The van der Waals surface area contributed by atoms with Gasteiger partial charge in [-0.3, -0.25) is 0 Å². The molecule has 0 radical (unpaired) electrons. The molecule has 0 saturated heterocycles. The lowest BCUT2D eigenvalue weighted by Gasteiger charge is -2.29. The van der Waals surface area contributed by atoms with Crippen molar-refractivity contribution in [2.24, 2.45) is 0 Å². The third kappa shape index (κ3) is 6.51. The van der Waals surface area contributed by atoms with Gasteiger partial charge in [0.25, 0.3) is 0 Å². The summed E-state index contributed by atoms with van der Waals surface area (Å²) in [7, 11) is 1.06. The van der Waals surface area contributed by atoms with Crippen molar-refractivity contribution in [3.8, 4) is 33.2 Å². The molecule has 2 aromatic heterocycles. The minimum atomic E-state index is -4.42. The van der Waals surface area contributed by atoms with E-state index >= 15 is 0 Å². The summed E-state index contributed by atoms with van der Waals surface area (Å²) in [4.78, 5) is 0. The number of hydrogen-bond donors (Lipinski definition) is 0. The van der Waals surface area contributed by atoms with Crippen LogP contribution in [0.4, 0.5) is 13.2 Å². The predicted octanol–water partition coefficient (Wildman–Crippen LogP) is 14.9. The largest absolute Gasteiger partial charge is 0.497 e. The Morgan fingerprint density at radius 3 is 1.25 bits per heavy atom. The number of fused-ring (bicyclic) bond motifs is 2. The number of methoxy groups -OCH3 is 2. The lowest BCUT2D eigenvalue weighted by molar-refractivity contribution is -0.137. The van der Waals surface area contributed by atoms with Crippen molar-refractivity contribution in [1.82, 2.24) is 0 Å². The Balaban J connectivity index is 1.59. The summed E-state index contributed by atoms with van der Waals surface area (Å²) in [6, 6.07) is 44.2. The van der Waals surface area contributed by atoms with Gasteiger partial charge in [0.2, 0.25) is 0 Å². The van der Waals surface area contributed by atoms with Crippen molar-refractivity contribution in [3.05, 3.63) is 194 Å². The van der Waals surface area contributed by atoms with Gasteiger partial charge in [0.1, 0.15) is 11.5 Å². The molecule has 56 heavy (non-hydrogen) atoms. The molecule has 0 bridgehead atoms. The number of alkyl halides is 3. The summed E-state index contributed by atoms with van der Waals surface area (Å²) in [6.07, 6.45) is -2.17. The first-order valence-electron chi connectivity index (χ1n) is 18.7. The van der Waals surface area contributed by atoms with Gasteiger partial charge in [-0.2, -0.15) is 13.2 Å². The van der Waals surface area contributed by atoms with E-state index in [-0.39, 0.29) is 11.8 Å². The minimum Gasteiger partial charge on any atom is -0.497 e. The average molecular weight is 783 g/mol. The molecule has 0 N–H and O–H groups in total. The standard InChI is InChI=1S/C49H43F3O2P2/c1-30-32(3)47-43(35-19-25-40(53-5)26-20-35)44(36-21-27-41(54-6)28-22-36)48-33(4)31(2)46(38-15-11-8-12-16-38)56(48)42(55(47)45(30)37-13-9-7-10-14-37)29-34-17-23-39(24-18-34)49(50,51)52/h7-29,43-44H,1-6H3. The van der Waals surface area contributed by atoms with Gasteiger partial charge in [-0.25, -0.2) is 0 Å². The number of ether oxygens (including phenoxy) is 2. The second-order valence-electron chi connectivity index (χ2n) is 14.5. The maximum Gasteiger partial charge on any atom is 0.416 e. The van der Waals surface area contributed by atoms with Crippen LogP contribution in [0.2, 0.25) is 0 Å². The van der Waals surface area contributed by atoms with E-state index in [1.165, 1.54) is 82.9 Å². The summed E-state index contributed by atoms with van der Waals surface area (Å²) < 4.78 is 53.0. The number of halogens is 3. The van der Waals surface area contributed by atoms with Gasteiger partial charge in [-0.15, -0.1) is 0 Å². The highest BCUT2D eigenvalue weighted by Gasteiger charge is 2.42. The van der Waals surface area contributed by atoms with Crippen molar-refractivity contribution in [2.75, 3.05) is 14.2 Å². The van der Waals surface area contributed by atoms with E-state index in [2.05, 4.69) is 143 Å². The molecular formula is C49H43F3O2P2. The minimum absolute atomic E-state index is 0.0482. The van der Waals surface area contributed by atoms with Gasteiger partial charge in [-0.1, -0.05) is 112 Å². The number of hydrogen-bond acceptors (Lipinski definition) is 2. The maximum absolute atomic E-state index is 13.9. The monoisotopic (exact) mass is 782 g/mol. The van der Waals surface area contributed by atoms with Crippen LogP contribution in [0.15, 0.2) is 133 Å². The molecule has 1 aliphatic heterocycles. The fourth-order valence-electron chi connectivity index (χ4n) is 8.54. The average Bonchev–Trinajstić information content (AvgIpc) is 3.58. The Hall–Kier alpha value is -5.21. The lowest BCUT2D eigenvalue weighted by Crippen LogP contribution is -2.14. The Kier molecular flexibility index (Phi) is 10.1. The quantitative estimate of drug-likeness (QED) is 0.160. The van der Waals surface area contributed by atoms with Crippen molar-refractivity contribution >= 4 is 21.1 Å². The summed E-state index contributed by atoms with van der Waals surface area (Å²) in [6.45, 7) is 9.08. The zero-order valence-corrected chi connectivity index (χ0v) is 34.1. The van der Waals surface area contributed by atoms with E-state index < -0.39 is 26.8 Å². The van der Waals surface area contributed by atoms with Gasteiger partial charge in [0.05, 0.1) is 19.8 Å². The van der Waals surface area contributed by atoms with Crippen molar-refractivity contribution < 1.29 is 22.6 Å². The Morgan fingerprint density at radius 1 is 0.500 bits per heavy atom. The summed E-state index contributed by atoms with van der Waals surface area (Å²) >= 11 is 0. The fourth-order valence-corrected chi connectivity index (χ4v) is 16.6. The van der Waals surface area contributed by atoms with Gasteiger partial charge >= 0.3 is 6.18 Å². The SMILES string of the molecule is COc1ccc(C2c3c(C)c(C)c(-c4ccccc4)p3C(=Cc3ccc(C(F)(F)F)cc3)p3c(-c4ccccc4)c(C)c(C)c3C2c2ccc(OC)cc2)cc1. The lowest BCUT2D eigenvalue weighted by atomic mass is 9.77. The van der Waals surface area contributed by atoms with Crippen LogP contribution in [0.25, 0.3) is 27.8 Å². The van der Waals surface area contributed by atoms with E-state index in [1.54, 1.807) is 26.4 Å². The van der Waals surface area contributed by atoms with Crippen LogP contribution in [-0.4, -0.2) is 14.2 Å². The highest BCUT2D eigenvalue weighted by atomic mass is 31.1. The molecule has 1 aliphatic rings. The zero-order chi connectivity index (χ0) is 39.3. The van der Waals surface area contributed by atoms with E-state index in [4.69, 9.17) is 9.47 Å². The zero-order valence-electron chi connectivity index (χ0n) is 32.3. The predicted molar refractivity (Wildman–Crippen MR) is 228 cm³/mol. The molecular weight excluding hydrogens is 739 g/mol. The van der Waals surface area contributed by atoms with Crippen LogP contribution in [-0.2, 0) is 6.18 Å². The first-order chi connectivity index (χ1) is 27.0. The van der Waals surface area contributed by atoms with Crippen LogP contribution in [0.3, 0.4) is 0 Å². The van der Waals surface area contributed by atoms with Crippen molar-refractivity contribution in [2.45, 2.75) is 45.7 Å². The molecule has 282 valence electrons. The third-order valence-electron chi connectivity index (χ3n) is 11.5. The molecule has 2 nitrogen and oxygen atoms in total. The molecule has 7 aromatic rings. The van der Waals surface area contributed by atoms with Gasteiger partial charge in [-0.05, 0) is 131 Å². The molecule has 0 saturated carbocycles. The van der Waals surface area contributed by atoms with E-state index in [1.807, 2.05) is 0 Å². The fraction of sp³-hybridized carbons (Fsp3) is 0.184. The van der Waals surface area contributed by atoms with Crippen LogP contribution < -0.4 is 9.47 Å². The summed E-state index contributed by atoms with van der Waals surface area (Å²) in [5, 5.41) is 6.71. The van der Waals surface area contributed by atoms with E-state index in [0.29, 0.717) is 0 Å². The van der Waals surface area contributed by atoms with Crippen LogP contribution in [0, 0.1) is 32.8 Å². The highest BCUT2D eigenvalue weighted by molar-refractivity contribution is 7.76. The number of benzene rings is 5. The number of rotatable bonds is 7. The first kappa shape index (κ1) is 37.7. The van der Waals surface area contributed by atoms with E-state index in [9.17, 15) is 13.2 Å². The molecule has 0 aliphatic carbocycles. The second-order valence-corrected chi connectivity index (χ2v) is 19.0. The van der Waals surface area contributed by atoms with Gasteiger partial charge in [0, 0.05) is 27.5 Å². The Bertz CT molecular complexity index is 2400. The molecule has 4 atom stereocenters. The first-order valence-corrected chi connectivity index (χ1v) is 21.4. The van der Waals surface area contributed by atoms with Crippen molar-refractivity contribution in [3.63, 3.8) is 0 Å². The van der Waals surface area contributed by atoms with Gasteiger partial charge < -0.3 is 9.47 Å². The van der Waals surface area contributed by atoms with Crippen LogP contribution in [0.5, 0.6) is 11.5 Å². The summed E-state index contributed by atoms with van der Waals surface area (Å²) in [5.41, 5.74) is 9.98. The van der Waals surface area contributed by atoms with Crippen LogP contribution >= 0.6 is 15.1 Å². The second kappa shape index (κ2) is 15.0. The molecule has 8 rings (SSSR count). The molecule has 0 fully saturated rings. The Labute approximate surface area is 329 Å². The Morgan fingerprint density at radius 2 is 0.893 bits per heavy atom. The molecule has 7 heteroatoms. The maximum atomic E-state index is 13.9. The molecule has 0 spiro atoms. The smallest absolute Gasteiger partial charge is 0.416 e. The highest BCUT2D eigenvalue weighted by Crippen LogP contribution is 2.74. The molecule has 4 unspecified atom stereocenters. The third-order valence-corrected chi connectivity index (χ3v) is 18.1. The van der Waals surface area contributed by atoms with Crippen LogP contribution in [0.1, 0.15) is 66.9 Å². The molecule has 0 amide bonds. The van der Waals surface area contributed by atoms with E-state index in [0.717, 1.165) is 17.1 Å². The van der Waals surface area contributed by atoms with Gasteiger partial charge in [0.15, 0.2) is 0 Å². The molecule has 5 aromatic carbocycles. The normalized spacial score (nSPS) is 15.8.